The van der Waals surface area contributed by atoms with Crippen molar-refractivity contribution in [2.45, 2.75) is 51.9 Å². The first-order valence-electron chi connectivity index (χ1n) is 10.5. The zero-order chi connectivity index (χ0) is 18.6. The van der Waals surface area contributed by atoms with Crippen LogP contribution in [0.2, 0.25) is 0 Å². The van der Waals surface area contributed by atoms with Gasteiger partial charge in [0, 0.05) is 13.1 Å². The largest absolute Gasteiger partial charge is 0.329 e. The Bertz CT molecular complexity index is 745. The lowest BCUT2D eigenvalue weighted by Gasteiger charge is -2.36. The molecule has 0 saturated carbocycles. The molecule has 3 heteroatoms. The van der Waals surface area contributed by atoms with E-state index in [0.717, 1.165) is 56.1 Å². The first-order chi connectivity index (χ1) is 13.3. The van der Waals surface area contributed by atoms with Crippen LogP contribution in [0.25, 0.3) is 0 Å². The number of benzene rings is 2. The third kappa shape index (κ3) is 3.73. The second-order valence-electron chi connectivity index (χ2n) is 7.95. The molecule has 0 N–H and O–H groups in total. The Morgan fingerprint density at radius 1 is 0.926 bits per heavy atom. The SMILES string of the molecule is CCCCC1CCN(C(=O)N2c3ccccc3CCc3ccccc32)CC1. The van der Waals surface area contributed by atoms with Gasteiger partial charge in [-0.15, -0.1) is 0 Å². The fraction of sp³-hybridized carbons (Fsp3) is 0.458. The molecular formula is C24H30N2O. The van der Waals surface area contributed by atoms with Gasteiger partial charge in [-0.3, -0.25) is 4.90 Å². The minimum absolute atomic E-state index is 0.144. The Morgan fingerprint density at radius 2 is 1.48 bits per heavy atom. The molecule has 2 aromatic rings. The van der Waals surface area contributed by atoms with E-state index in [4.69, 9.17) is 0 Å². The van der Waals surface area contributed by atoms with Crippen molar-refractivity contribution < 1.29 is 4.79 Å². The molecule has 0 radical (unpaired) electrons. The number of carbonyl (C=O) groups excluding carboxylic acids is 1. The molecule has 2 aromatic carbocycles. The van der Waals surface area contributed by atoms with Crippen LogP contribution in [0.1, 0.15) is 50.2 Å². The highest BCUT2D eigenvalue weighted by Crippen LogP contribution is 2.37. The Morgan fingerprint density at radius 3 is 2.04 bits per heavy atom. The molecule has 2 amide bonds. The first-order valence-corrected chi connectivity index (χ1v) is 10.5. The minimum atomic E-state index is 0.144. The number of piperidine rings is 1. The van der Waals surface area contributed by atoms with E-state index < -0.39 is 0 Å². The van der Waals surface area contributed by atoms with Gasteiger partial charge in [0.25, 0.3) is 0 Å². The second-order valence-corrected chi connectivity index (χ2v) is 7.95. The number of nitrogens with zero attached hydrogens (tertiary/aromatic N) is 2. The third-order valence-corrected chi connectivity index (χ3v) is 6.17. The van der Waals surface area contributed by atoms with Gasteiger partial charge in [-0.05, 0) is 54.9 Å². The van der Waals surface area contributed by atoms with E-state index in [2.05, 4.69) is 48.2 Å². The van der Waals surface area contributed by atoms with E-state index >= 15 is 0 Å². The molecule has 0 spiro atoms. The van der Waals surface area contributed by atoms with Crippen LogP contribution in [0, 0.1) is 5.92 Å². The quantitative estimate of drug-likeness (QED) is 0.662. The van der Waals surface area contributed by atoms with Gasteiger partial charge in [0.15, 0.2) is 0 Å². The summed E-state index contributed by atoms with van der Waals surface area (Å²) in [6.45, 7) is 4.02. The van der Waals surface area contributed by atoms with Gasteiger partial charge < -0.3 is 4.90 Å². The number of hydrogen-bond donors (Lipinski definition) is 0. The van der Waals surface area contributed by atoms with Gasteiger partial charge >= 0.3 is 6.03 Å². The first kappa shape index (κ1) is 18.1. The van der Waals surface area contributed by atoms with E-state index in [1.165, 1.54) is 30.4 Å². The van der Waals surface area contributed by atoms with Gasteiger partial charge in [0.05, 0.1) is 11.4 Å². The van der Waals surface area contributed by atoms with Crippen LogP contribution >= 0.6 is 0 Å². The molecule has 4 rings (SSSR count). The Balaban J connectivity index is 1.60. The number of carbonyl (C=O) groups is 1. The molecule has 0 unspecified atom stereocenters. The van der Waals surface area contributed by atoms with Crippen LogP contribution < -0.4 is 4.90 Å². The summed E-state index contributed by atoms with van der Waals surface area (Å²) in [6.07, 6.45) is 8.14. The lowest BCUT2D eigenvalue weighted by atomic mass is 9.92. The number of anilines is 2. The minimum Gasteiger partial charge on any atom is -0.324 e. The van der Waals surface area contributed by atoms with Crippen LogP contribution in [0.5, 0.6) is 0 Å². The smallest absolute Gasteiger partial charge is 0.324 e. The molecule has 2 aliphatic heterocycles. The molecule has 142 valence electrons. The summed E-state index contributed by atoms with van der Waals surface area (Å²) in [5.74, 6) is 0.790. The third-order valence-electron chi connectivity index (χ3n) is 6.17. The van der Waals surface area contributed by atoms with Crippen molar-refractivity contribution in [2.75, 3.05) is 18.0 Å². The summed E-state index contributed by atoms with van der Waals surface area (Å²) >= 11 is 0. The molecule has 0 atom stereocenters. The normalized spacial score (nSPS) is 17.2. The summed E-state index contributed by atoms with van der Waals surface area (Å²) in [4.78, 5) is 17.7. The van der Waals surface area contributed by atoms with Crippen LogP contribution in [0.3, 0.4) is 0 Å². The van der Waals surface area contributed by atoms with Gasteiger partial charge in [0.2, 0.25) is 0 Å². The number of fused-ring (bicyclic) bond motifs is 2. The fourth-order valence-electron chi connectivity index (χ4n) is 4.53. The van der Waals surface area contributed by atoms with E-state index in [1.54, 1.807) is 0 Å². The molecule has 0 aliphatic carbocycles. The van der Waals surface area contributed by atoms with E-state index in [-0.39, 0.29) is 6.03 Å². The van der Waals surface area contributed by atoms with Crippen LogP contribution in [-0.2, 0) is 12.8 Å². The molecule has 1 fully saturated rings. The van der Waals surface area contributed by atoms with Gasteiger partial charge in [-0.1, -0.05) is 62.6 Å². The molecule has 2 heterocycles. The number of urea groups is 1. The van der Waals surface area contributed by atoms with Crippen LogP contribution in [0.15, 0.2) is 48.5 Å². The number of unbranched alkanes of at least 4 members (excludes halogenated alkanes) is 1. The van der Waals surface area contributed by atoms with Crippen LogP contribution in [0.4, 0.5) is 16.2 Å². The predicted molar refractivity (Wildman–Crippen MR) is 112 cm³/mol. The summed E-state index contributed by atoms with van der Waals surface area (Å²) in [7, 11) is 0. The molecular weight excluding hydrogens is 332 g/mol. The highest BCUT2D eigenvalue weighted by atomic mass is 16.2. The average Bonchev–Trinajstić information content (AvgIpc) is 2.89. The standard InChI is InChI=1S/C24H30N2O/c1-2-3-8-19-15-17-25(18-16-19)24(27)26-22-11-6-4-9-20(22)13-14-21-10-5-7-12-23(21)26/h4-7,9-12,19H,2-3,8,13-18H2,1H3. The van der Waals surface area contributed by atoms with E-state index in [0.29, 0.717) is 0 Å². The summed E-state index contributed by atoms with van der Waals surface area (Å²) in [6, 6.07) is 16.9. The van der Waals surface area contributed by atoms with Crippen molar-refractivity contribution in [1.82, 2.24) is 4.90 Å². The molecule has 3 nitrogen and oxygen atoms in total. The van der Waals surface area contributed by atoms with Crippen molar-refractivity contribution in [1.29, 1.82) is 0 Å². The predicted octanol–water partition coefficient (Wildman–Crippen LogP) is 5.95. The zero-order valence-corrected chi connectivity index (χ0v) is 16.4. The maximum absolute atomic E-state index is 13.6. The molecule has 0 aromatic heterocycles. The Labute approximate surface area is 163 Å². The number of rotatable bonds is 3. The van der Waals surface area contributed by atoms with Crippen molar-refractivity contribution >= 4 is 17.4 Å². The van der Waals surface area contributed by atoms with E-state index in [1.807, 2.05) is 17.0 Å². The summed E-state index contributed by atoms with van der Waals surface area (Å²) < 4.78 is 0. The lowest BCUT2D eigenvalue weighted by molar-refractivity contribution is 0.175. The number of hydrogen-bond acceptors (Lipinski definition) is 1. The number of amides is 2. The molecule has 0 bridgehead atoms. The number of likely N-dealkylation sites (tertiary alicyclic amines) is 1. The van der Waals surface area contributed by atoms with Gasteiger partial charge in [-0.2, -0.15) is 0 Å². The highest BCUT2D eigenvalue weighted by molar-refractivity contribution is 6.01. The zero-order valence-electron chi connectivity index (χ0n) is 16.4. The van der Waals surface area contributed by atoms with Crippen LogP contribution in [-0.4, -0.2) is 24.0 Å². The Kier molecular flexibility index (Phi) is 5.47. The topological polar surface area (TPSA) is 23.6 Å². The van der Waals surface area contributed by atoms with Crippen molar-refractivity contribution in [3.05, 3.63) is 59.7 Å². The van der Waals surface area contributed by atoms with Crippen molar-refractivity contribution in [3.63, 3.8) is 0 Å². The Hall–Kier alpha value is -2.29. The van der Waals surface area contributed by atoms with E-state index in [9.17, 15) is 4.79 Å². The maximum Gasteiger partial charge on any atom is 0.329 e. The van der Waals surface area contributed by atoms with Gasteiger partial charge in [-0.25, -0.2) is 4.79 Å². The highest BCUT2D eigenvalue weighted by Gasteiger charge is 2.31. The maximum atomic E-state index is 13.6. The number of para-hydroxylation sites is 2. The lowest BCUT2D eigenvalue weighted by Crippen LogP contribution is -2.45. The average molecular weight is 363 g/mol. The summed E-state index contributed by atoms with van der Waals surface area (Å²) in [5.41, 5.74) is 4.64. The summed E-state index contributed by atoms with van der Waals surface area (Å²) in [5, 5.41) is 0. The molecule has 1 saturated heterocycles. The second kappa shape index (κ2) is 8.16. The number of aryl methyl sites for hydroxylation is 2. The molecule has 27 heavy (non-hydrogen) atoms. The van der Waals surface area contributed by atoms with Gasteiger partial charge in [0.1, 0.15) is 0 Å². The monoisotopic (exact) mass is 362 g/mol. The van der Waals surface area contributed by atoms with Crippen molar-refractivity contribution in [3.8, 4) is 0 Å². The van der Waals surface area contributed by atoms with Crippen molar-refractivity contribution in [2.24, 2.45) is 5.92 Å². The fourth-order valence-corrected chi connectivity index (χ4v) is 4.53. The molecule has 2 aliphatic rings.